The van der Waals surface area contributed by atoms with Gasteiger partial charge in [-0.05, 0) is 37.1 Å². The molecule has 4 rings (SSSR count). The predicted octanol–water partition coefficient (Wildman–Crippen LogP) is 2.32. The molecule has 0 radical (unpaired) electrons. The Morgan fingerprint density at radius 3 is 2.33 bits per heavy atom. The molecule has 1 aliphatic carbocycles. The van der Waals surface area contributed by atoms with Gasteiger partial charge in [-0.2, -0.15) is 4.37 Å². The summed E-state index contributed by atoms with van der Waals surface area (Å²) in [6, 6.07) is 8.13. The average Bonchev–Trinajstić information content (AvgIpc) is 3.26. The maximum atomic E-state index is 5.75. The summed E-state index contributed by atoms with van der Waals surface area (Å²) < 4.78 is 4.50. The molecular weight excluding hydrogens is 282 g/mol. The maximum Gasteiger partial charge on any atom is 0.205 e. The van der Waals surface area contributed by atoms with Crippen LogP contribution in [0.1, 0.15) is 24.6 Å². The van der Waals surface area contributed by atoms with Gasteiger partial charge in [0.1, 0.15) is 5.82 Å². The highest BCUT2D eigenvalue weighted by Gasteiger charge is 2.29. The highest BCUT2D eigenvalue weighted by Crippen LogP contribution is 2.39. The van der Waals surface area contributed by atoms with E-state index in [1.807, 2.05) is 12.1 Å². The van der Waals surface area contributed by atoms with Gasteiger partial charge in [-0.1, -0.05) is 0 Å². The van der Waals surface area contributed by atoms with Gasteiger partial charge in [-0.3, -0.25) is 0 Å². The fourth-order valence-corrected chi connectivity index (χ4v) is 3.50. The molecule has 2 N–H and O–H groups in total. The van der Waals surface area contributed by atoms with E-state index in [1.54, 1.807) is 11.5 Å². The van der Waals surface area contributed by atoms with Gasteiger partial charge in [-0.15, -0.1) is 0 Å². The molecule has 0 bridgehead atoms. The Morgan fingerprint density at radius 1 is 1.00 bits per heavy atom. The van der Waals surface area contributed by atoms with E-state index in [0.717, 1.165) is 42.8 Å². The monoisotopic (exact) mass is 301 g/mol. The quantitative estimate of drug-likeness (QED) is 0.882. The molecule has 1 aromatic carbocycles. The zero-order valence-corrected chi connectivity index (χ0v) is 12.7. The zero-order chi connectivity index (χ0) is 14.2. The van der Waals surface area contributed by atoms with Crippen molar-refractivity contribution in [2.24, 2.45) is 0 Å². The van der Waals surface area contributed by atoms with Crippen LogP contribution in [-0.4, -0.2) is 35.5 Å². The first kappa shape index (κ1) is 12.9. The Bertz CT molecular complexity index is 611. The van der Waals surface area contributed by atoms with E-state index in [9.17, 15) is 0 Å². The molecule has 2 fully saturated rings. The van der Waals surface area contributed by atoms with Crippen molar-refractivity contribution in [3.63, 3.8) is 0 Å². The highest BCUT2D eigenvalue weighted by atomic mass is 32.1. The van der Waals surface area contributed by atoms with Crippen molar-refractivity contribution in [1.82, 2.24) is 9.36 Å². The Kier molecular flexibility index (Phi) is 3.18. The van der Waals surface area contributed by atoms with Crippen molar-refractivity contribution in [2.75, 3.05) is 41.7 Å². The molecule has 0 spiro atoms. The number of nitrogens with two attached hydrogens (primary N) is 1. The molecule has 1 saturated heterocycles. The van der Waals surface area contributed by atoms with Crippen LogP contribution in [0.2, 0.25) is 0 Å². The number of anilines is 3. The van der Waals surface area contributed by atoms with Gasteiger partial charge in [0, 0.05) is 55.0 Å². The van der Waals surface area contributed by atoms with Crippen LogP contribution in [0, 0.1) is 0 Å². The summed E-state index contributed by atoms with van der Waals surface area (Å²) in [5, 5.41) is 1.09. The van der Waals surface area contributed by atoms with Gasteiger partial charge in [0.25, 0.3) is 0 Å². The minimum atomic E-state index is 0.645. The first-order valence-corrected chi connectivity index (χ1v) is 8.26. The Hall–Kier alpha value is -1.82. The molecule has 110 valence electrons. The normalized spacial score (nSPS) is 19.0. The average molecular weight is 301 g/mol. The molecule has 2 aliphatic rings. The lowest BCUT2D eigenvalue weighted by atomic mass is 10.2. The lowest BCUT2D eigenvalue weighted by molar-refractivity contribution is 0.651. The molecule has 0 unspecified atom stereocenters. The second-order valence-electron chi connectivity index (χ2n) is 5.78. The Labute approximate surface area is 128 Å². The molecular formula is C15H19N5S. The molecule has 2 aromatic rings. The van der Waals surface area contributed by atoms with E-state index in [1.165, 1.54) is 18.5 Å². The fraction of sp³-hybridized carbons (Fsp3) is 0.467. The van der Waals surface area contributed by atoms with Crippen LogP contribution in [-0.2, 0) is 0 Å². The second-order valence-corrected chi connectivity index (χ2v) is 6.51. The molecule has 2 heterocycles. The third-order valence-electron chi connectivity index (χ3n) is 4.18. The number of aromatic nitrogens is 2. The number of rotatable bonds is 3. The third kappa shape index (κ3) is 2.68. The molecule has 1 aromatic heterocycles. The first-order valence-electron chi connectivity index (χ1n) is 7.48. The fourth-order valence-electron chi connectivity index (χ4n) is 2.70. The first-order chi connectivity index (χ1) is 10.3. The van der Waals surface area contributed by atoms with Crippen molar-refractivity contribution in [2.45, 2.75) is 18.8 Å². The number of nitrogens with zero attached hydrogens (tertiary/aromatic N) is 4. The number of hydrogen-bond donors (Lipinski definition) is 1. The molecule has 0 amide bonds. The van der Waals surface area contributed by atoms with Gasteiger partial charge >= 0.3 is 0 Å². The van der Waals surface area contributed by atoms with E-state index < -0.39 is 0 Å². The van der Waals surface area contributed by atoms with Crippen LogP contribution >= 0.6 is 11.5 Å². The van der Waals surface area contributed by atoms with Crippen molar-refractivity contribution >= 4 is 28.0 Å². The largest absolute Gasteiger partial charge is 0.399 e. The summed E-state index contributed by atoms with van der Waals surface area (Å²) in [5.74, 6) is 1.71. The van der Waals surface area contributed by atoms with E-state index in [0.29, 0.717) is 5.92 Å². The van der Waals surface area contributed by atoms with Crippen molar-refractivity contribution in [1.29, 1.82) is 0 Å². The predicted molar refractivity (Wildman–Crippen MR) is 87.2 cm³/mol. The maximum absolute atomic E-state index is 5.75. The SMILES string of the molecule is Nc1ccc(N2CCN(c3nc(C4CC4)ns3)CC2)cc1. The topological polar surface area (TPSA) is 58.3 Å². The van der Waals surface area contributed by atoms with Gasteiger partial charge in [0.15, 0.2) is 0 Å². The number of benzene rings is 1. The van der Waals surface area contributed by atoms with Crippen LogP contribution in [0.5, 0.6) is 0 Å². The molecule has 21 heavy (non-hydrogen) atoms. The standard InChI is InChI=1S/C15H19N5S/c16-12-3-5-13(6-4-12)19-7-9-20(10-8-19)15-17-14(18-21-15)11-1-2-11/h3-6,11H,1-2,7-10,16H2. The van der Waals surface area contributed by atoms with Crippen molar-refractivity contribution in [3.8, 4) is 0 Å². The number of piperazine rings is 1. The number of hydrogen-bond acceptors (Lipinski definition) is 6. The summed E-state index contributed by atoms with van der Waals surface area (Å²) in [4.78, 5) is 9.46. The van der Waals surface area contributed by atoms with Gasteiger partial charge in [0.2, 0.25) is 5.13 Å². The highest BCUT2D eigenvalue weighted by molar-refractivity contribution is 7.09. The van der Waals surface area contributed by atoms with E-state index in [-0.39, 0.29) is 0 Å². The van der Waals surface area contributed by atoms with Crippen LogP contribution in [0.3, 0.4) is 0 Å². The molecule has 1 saturated carbocycles. The molecule has 6 heteroatoms. The second kappa shape index (κ2) is 5.18. The molecule has 5 nitrogen and oxygen atoms in total. The lowest BCUT2D eigenvalue weighted by Gasteiger charge is -2.35. The van der Waals surface area contributed by atoms with E-state index in [2.05, 4.69) is 26.3 Å². The van der Waals surface area contributed by atoms with Crippen LogP contribution in [0.15, 0.2) is 24.3 Å². The van der Waals surface area contributed by atoms with Crippen molar-refractivity contribution in [3.05, 3.63) is 30.1 Å². The zero-order valence-electron chi connectivity index (χ0n) is 11.9. The Balaban J connectivity index is 1.40. The Morgan fingerprint density at radius 2 is 1.67 bits per heavy atom. The molecule has 1 aliphatic heterocycles. The smallest absolute Gasteiger partial charge is 0.205 e. The van der Waals surface area contributed by atoms with Gasteiger partial charge in [-0.25, -0.2) is 4.98 Å². The van der Waals surface area contributed by atoms with Gasteiger partial charge < -0.3 is 15.5 Å². The lowest BCUT2D eigenvalue weighted by Crippen LogP contribution is -2.46. The van der Waals surface area contributed by atoms with Crippen LogP contribution < -0.4 is 15.5 Å². The van der Waals surface area contributed by atoms with E-state index in [4.69, 9.17) is 10.7 Å². The summed E-state index contributed by atoms with van der Waals surface area (Å²) >= 11 is 1.55. The molecule has 0 atom stereocenters. The van der Waals surface area contributed by atoms with Crippen LogP contribution in [0.25, 0.3) is 0 Å². The van der Waals surface area contributed by atoms with Gasteiger partial charge in [0.05, 0.1) is 0 Å². The summed E-state index contributed by atoms with van der Waals surface area (Å²) in [6.45, 7) is 4.04. The van der Waals surface area contributed by atoms with Crippen LogP contribution in [0.4, 0.5) is 16.5 Å². The number of nitrogen functional groups attached to an aromatic ring is 1. The van der Waals surface area contributed by atoms with E-state index >= 15 is 0 Å². The minimum absolute atomic E-state index is 0.645. The minimum Gasteiger partial charge on any atom is -0.399 e. The summed E-state index contributed by atoms with van der Waals surface area (Å²) in [7, 11) is 0. The third-order valence-corrected chi connectivity index (χ3v) is 4.97. The van der Waals surface area contributed by atoms with Crippen molar-refractivity contribution < 1.29 is 0 Å². The summed E-state index contributed by atoms with van der Waals surface area (Å²) in [5.41, 5.74) is 7.81. The summed E-state index contributed by atoms with van der Waals surface area (Å²) in [6.07, 6.45) is 2.53.